The zero-order valence-corrected chi connectivity index (χ0v) is 19.7. The highest BCUT2D eigenvalue weighted by Crippen LogP contribution is 2.31. The summed E-state index contributed by atoms with van der Waals surface area (Å²) in [5.74, 6) is 0.615. The van der Waals surface area contributed by atoms with Crippen molar-refractivity contribution in [3.8, 4) is 16.9 Å². The number of methoxy groups -OCH3 is 1. The molecule has 1 aromatic carbocycles. The molecule has 1 saturated carbocycles. The average Bonchev–Trinajstić information content (AvgIpc) is 2.69. The first-order valence-electron chi connectivity index (χ1n) is 11.4. The normalized spacial score (nSPS) is 19.7. The first-order chi connectivity index (χ1) is 15.7. The number of carbonyl (C=O) groups is 2. The highest BCUT2D eigenvalue weighted by molar-refractivity contribution is 5.99. The van der Waals surface area contributed by atoms with Gasteiger partial charge in [0.2, 0.25) is 0 Å². The van der Waals surface area contributed by atoms with Gasteiger partial charge in [-0.25, -0.2) is 9.78 Å². The van der Waals surface area contributed by atoms with Crippen LogP contribution in [0.5, 0.6) is 5.75 Å². The van der Waals surface area contributed by atoms with Gasteiger partial charge in [-0.05, 0) is 63.8 Å². The number of amides is 2. The van der Waals surface area contributed by atoms with E-state index < -0.39 is 11.7 Å². The minimum Gasteiger partial charge on any atom is -0.497 e. The summed E-state index contributed by atoms with van der Waals surface area (Å²) in [7, 11) is 1.64. The Bertz CT molecular complexity index is 1010. The molecular weight excluding hydrogens is 420 g/mol. The molecule has 0 radical (unpaired) electrons. The maximum Gasteiger partial charge on any atom is 0.407 e. The van der Waals surface area contributed by atoms with Crippen LogP contribution in [-0.4, -0.2) is 54.9 Å². The van der Waals surface area contributed by atoms with Crippen molar-refractivity contribution < 1.29 is 19.1 Å². The van der Waals surface area contributed by atoms with Gasteiger partial charge in [-0.1, -0.05) is 12.1 Å². The second-order valence-corrected chi connectivity index (χ2v) is 9.65. The standard InChI is InChI=1S/C25H32N4O4/c1-25(2,3)33-24(31)28-19-13-18(14-19)27-23(30)22-21(29-10-5-11-29)12-17(15-26-22)16-6-8-20(32-4)9-7-16/h6-9,12,15,18-19H,5,10-11,13-14H2,1-4H3,(H,27,30)(H,28,31). The largest absolute Gasteiger partial charge is 0.497 e. The quantitative estimate of drug-likeness (QED) is 0.693. The number of pyridine rings is 1. The number of hydrogen-bond donors (Lipinski definition) is 2. The first-order valence-corrected chi connectivity index (χ1v) is 11.4. The Morgan fingerprint density at radius 2 is 1.70 bits per heavy atom. The van der Waals surface area contributed by atoms with E-state index in [9.17, 15) is 9.59 Å². The highest BCUT2D eigenvalue weighted by atomic mass is 16.6. The van der Waals surface area contributed by atoms with Gasteiger partial charge in [-0.2, -0.15) is 0 Å². The summed E-state index contributed by atoms with van der Waals surface area (Å²) in [6, 6.07) is 9.85. The second-order valence-electron chi connectivity index (χ2n) is 9.65. The Labute approximate surface area is 194 Å². The summed E-state index contributed by atoms with van der Waals surface area (Å²) in [5.41, 5.74) is 2.75. The van der Waals surface area contributed by atoms with E-state index in [4.69, 9.17) is 9.47 Å². The van der Waals surface area contributed by atoms with Crippen LogP contribution in [0.3, 0.4) is 0 Å². The third-order valence-electron chi connectivity index (χ3n) is 5.90. The van der Waals surface area contributed by atoms with Crippen molar-refractivity contribution in [3.63, 3.8) is 0 Å². The smallest absolute Gasteiger partial charge is 0.407 e. The van der Waals surface area contributed by atoms with Gasteiger partial charge < -0.3 is 25.0 Å². The molecule has 1 saturated heterocycles. The van der Waals surface area contributed by atoms with Crippen LogP contribution in [0.15, 0.2) is 36.5 Å². The Morgan fingerprint density at radius 1 is 1.03 bits per heavy atom. The Balaban J connectivity index is 1.40. The van der Waals surface area contributed by atoms with Crippen molar-refractivity contribution in [2.45, 2.75) is 57.7 Å². The maximum atomic E-state index is 13.0. The van der Waals surface area contributed by atoms with Gasteiger partial charge in [-0.3, -0.25) is 4.79 Å². The number of alkyl carbamates (subject to hydrolysis) is 1. The number of aromatic nitrogens is 1. The lowest BCUT2D eigenvalue weighted by Crippen LogP contribution is -2.54. The van der Waals surface area contributed by atoms with Crippen LogP contribution in [0, 0.1) is 0 Å². The molecule has 8 nitrogen and oxygen atoms in total. The molecule has 0 spiro atoms. The van der Waals surface area contributed by atoms with E-state index in [-0.39, 0.29) is 18.0 Å². The van der Waals surface area contributed by atoms with Crippen LogP contribution in [0.25, 0.3) is 11.1 Å². The summed E-state index contributed by atoms with van der Waals surface area (Å²) in [4.78, 5) is 31.7. The van der Waals surface area contributed by atoms with Crippen LogP contribution in [0.2, 0.25) is 0 Å². The molecule has 33 heavy (non-hydrogen) atoms. The van der Waals surface area contributed by atoms with E-state index in [0.717, 1.165) is 42.1 Å². The van der Waals surface area contributed by atoms with Crippen molar-refractivity contribution in [1.29, 1.82) is 0 Å². The maximum absolute atomic E-state index is 13.0. The van der Waals surface area contributed by atoms with Gasteiger partial charge in [0.15, 0.2) is 5.69 Å². The number of benzene rings is 1. The van der Waals surface area contributed by atoms with Crippen LogP contribution < -0.4 is 20.3 Å². The molecule has 2 fully saturated rings. The summed E-state index contributed by atoms with van der Waals surface area (Å²) in [5, 5.41) is 5.92. The third kappa shape index (κ3) is 5.56. The monoisotopic (exact) mass is 452 g/mol. The van der Waals surface area contributed by atoms with Gasteiger partial charge in [0.1, 0.15) is 11.4 Å². The van der Waals surface area contributed by atoms with Gasteiger partial charge in [0, 0.05) is 36.9 Å². The topological polar surface area (TPSA) is 92.8 Å². The number of carbonyl (C=O) groups excluding carboxylic acids is 2. The minimum absolute atomic E-state index is 0.00439. The van der Waals surface area contributed by atoms with Crippen LogP contribution >= 0.6 is 0 Å². The van der Waals surface area contributed by atoms with Crippen LogP contribution in [0.1, 0.15) is 50.5 Å². The Morgan fingerprint density at radius 3 is 2.27 bits per heavy atom. The molecule has 176 valence electrons. The van der Waals surface area contributed by atoms with Gasteiger partial charge >= 0.3 is 6.09 Å². The van der Waals surface area contributed by atoms with E-state index in [1.54, 1.807) is 13.3 Å². The zero-order chi connectivity index (χ0) is 23.6. The fourth-order valence-electron chi connectivity index (χ4n) is 3.95. The molecule has 1 aromatic heterocycles. The van der Waals surface area contributed by atoms with E-state index in [1.165, 1.54) is 0 Å². The third-order valence-corrected chi connectivity index (χ3v) is 5.90. The van der Waals surface area contributed by atoms with Crippen LogP contribution in [-0.2, 0) is 4.74 Å². The zero-order valence-electron chi connectivity index (χ0n) is 19.7. The van der Waals surface area contributed by atoms with Crippen molar-refractivity contribution in [1.82, 2.24) is 15.6 Å². The molecule has 0 bridgehead atoms. The van der Waals surface area contributed by atoms with E-state index >= 15 is 0 Å². The number of hydrogen-bond acceptors (Lipinski definition) is 6. The van der Waals surface area contributed by atoms with Crippen molar-refractivity contribution >= 4 is 17.7 Å². The summed E-state index contributed by atoms with van der Waals surface area (Å²) in [6.07, 6.45) is 3.78. The SMILES string of the molecule is COc1ccc(-c2cnc(C(=O)NC3CC(NC(=O)OC(C)(C)C)C3)c(N3CCC3)c2)cc1. The highest BCUT2D eigenvalue weighted by Gasteiger charge is 2.34. The second kappa shape index (κ2) is 9.29. The van der Waals surface area contributed by atoms with E-state index in [0.29, 0.717) is 18.5 Å². The number of anilines is 1. The molecule has 2 aliphatic rings. The molecule has 2 amide bonds. The lowest BCUT2D eigenvalue weighted by Gasteiger charge is -2.37. The first kappa shape index (κ1) is 22.9. The Hall–Kier alpha value is -3.29. The number of nitrogens with zero attached hydrogens (tertiary/aromatic N) is 2. The predicted octanol–water partition coefficient (Wildman–Crippen LogP) is 3.75. The molecule has 2 heterocycles. The molecule has 2 aromatic rings. The molecule has 0 unspecified atom stereocenters. The lowest BCUT2D eigenvalue weighted by atomic mass is 9.86. The molecule has 1 aliphatic carbocycles. The fraction of sp³-hybridized carbons (Fsp3) is 0.480. The van der Waals surface area contributed by atoms with Crippen LogP contribution in [0.4, 0.5) is 10.5 Å². The summed E-state index contributed by atoms with van der Waals surface area (Å²) in [6.45, 7) is 7.33. The summed E-state index contributed by atoms with van der Waals surface area (Å²) < 4.78 is 10.5. The summed E-state index contributed by atoms with van der Waals surface area (Å²) >= 11 is 0. The molecule has 0 atom stereocenters. The molecule has 4 rings (SSSR count). The average molecular weight is 453 g/mol. The number of rotatable bonds is 6. The molecule has 2 N–H and O–H groups in total. The predicted molar refractivity (Wildman–Crippen MR) is 127 cm³/mol. The van der Waals surface area contributed by atoms with Crippen molar-refractivity contribution in [2.75, 3.05) is 25.1 Å². The van der Waals surface area contributed by atoms with E-state index in [2.05, 4.69) is 20.5 Å². The fourth-order valence-corrected chi connectivity index (χ4v) is 3.95. The van der Waals surface area contributed by atoms with Crippen molar-refractivity contribution in [2.24, 2.45) is 0 Å². The van der Waals surface area contributed by atoms with Gasteiger partial charge in [0.05, 0.1) is 12.8 Å². The van der Waals surface area contributed by atoms with Gasteiger partial charge in [-0.15, -0.1) is 0 Å². The van der Waals surface area contributed by atoms with E-state index in [1.807, 2.05) is 51.1 Å². The van der Waals surface area contributed by atoms with Crippen molar-refractivity contribution in [3.05, 3.63) is 42.2 Å². The minimum atomic E-state index is -0.529. The number of ether oxygens (including phenoxy) is 2. The van der Waals surface area contributed by atoms with Gasteiger partial charge in [0.25, 0.3) is 5.91 Å². The number of nitrogens with one attached hydrogen (secondary N) is 2. The molecule has 1 aliphatic heterocycles. The Kier molecular flexibility index (Phi) is 6.44. The lowest BCUT2D eigenvalue weighted by molar-refractivity contribution is 0.0465. The molecular formula is C25H32N4O4. The molecule has 8 heteroatoms.